The van der Waals surface area contributed by atoms with Crippen LogP contribution in [0.1, 0.15) is 19.8 Å². The lowest BCUT2D eigenvalue weighted by Crippen LogP contribution is -2.45. The van der Waals surface area contributed by atoms with Crippen LogP contribution in [0.2, 0.25) is 0 Å². The van der Waals surface area contributed by atoms with Gasteiger partial charge in [-0.2, -0.15) is 0 Å². The first-order chi connectivity index (χ1) is 8.54. The summed E-state index contributed by atoms with van der Waals surface area (Å²) in [6.07, 6.45) is 2.09. The number of carbonyl (C=O) groups is 2. The summed E-state index contributed by atoms with van der Waals surface area (Å²) in [4.78, 5) is 25.6. The predicted octanol–water partition coefficient (Wildman–Crippen LogP) is 0.871. The zero-order valence-electron chi connectivity index (χ0n) is 11.1. The number of carboxylic acids is 1. The van der Waals surface area contributed by atoms with Crippen molar-refractivity contribution in [3.63, 3.8) is 0 Å². The van der Waals surface area contributed by atoms with E-state index in [-0.39, 0.29) is 12.6 Å². The number of carbonyl (C=O) groups excluding carboxylic acids is 1. The van der Waals surface area contributed by atoms with E-state index in [2.05, 4.69) is 0 Å². The van der Waals surface area contributed by atoms with Crippen LogP contribution in [0.3, 0.4) is 0 Å². The number of carboxylic acid groups (broad SMARTS) is 1. The second-order valence-corrected chi connectivity index (χ2v) is 4.65. The highest BCUT2D eigenvalue weighted by Crippen LogP contribution is 2.15. The summed E-state index contributed by atoms with van der Waals surface area (Å²) in [5.41, 5.74) is 0. The molecule has 0 saturated carbocycles. The van der Waals surface area contributed by atoms with E-state index in [0.717, 1.165) is 19.4 Å². The van der Waals surface area contributed by atoms with Crippen molar-refractivity contribution >= 4 is 12.0 Å². The molecule has 1 aliphatic rings. The summed E-state index contributed by atoms with van der Waals surface area (Å²) in [5, 5.41) is 8.73. The standard InChI is InChI=1S/C12H22N2O4/c1-3-14(8-11(15)16)12(17)13(2)7-10-5-4-6-18-9-10/h10H,3-9H2,1-2H3,(H,15,16). The van der Waals surface area contributed by atoms with Gasteiger partial charge >= 0.3 is 12.0 Å². The van der Waals surface area contributed by atoms with Gasteiger partial charge in [0.2, 0.25) is 0 Å². The molecule has 18 heavy (non-hydrogen) atoms. The lowest BCUT2D eigenvalue weighted by atomic mass is 10.0. The molecule has 104 valence electrons. The van der Waals surface area contributed by atoms with E-state index in [1.165, 1.54) is 4.90 Å². The first kappa shape index (κ1) is 14.8. The summed E-state index contributed by atoms with van der Waals surface area (Å²) in [6, 6.07) is -0.231. The fraction of sp³-hybridized carbons (Fsp3) is 0.833. The van der Waals surface area contributed by atoms with Crippen molar-refractivity contribution in [2.45, 2.75) is 19.8 Å². The van der Waals surface area contributed by atoms with Gasteiger partial charge in [-0.3, -0.25) is 4.79 Å². The highest BCUT2D eigenvalue weighted by Gasteiger charge is 2.22. The van der Waals surface area contributed by atoms with Crippen molar-refractivity contribution < 1.29 is 19.4 Å². The molecule has 0 aromatic carbocycles. The third kappa shape index (κ3) is 4.52. The molecule has 1 unspecified atom stereocenters. The predicted molar refractivity (Wildman–Crippen MR) is 66.5 cm³/mol. The quantitative estimate of drug-likeness (QED) is 0.794. The molecule has 0 aliphatic carbocycles. The number of urea groups is 1. The average molecular weight is 258 g/mol. The molecule has 1 heterocycles. The fourth-order valence-corrected chi connectivity index (χ4v) is 2.14. The van der Waals surface area contributed by atoms with Gasteiger partial charge in [-0.25, -0.2) is 4.79 Å². The summed E-state index contributed by atoms with van der Waals surface area (Å²) in [6.45, 7) is 4.03. The van der Waals surface area contributed by atoms with Crippen molar-refractivity contribution in [2.24, 2.45) is 5.92 Å². The first-order valence-electron chi connectivity index (χ1n) is 6.34. The highest BCUT2D eigenvalue weighted by molar-refractivity contribution is 5.80. The molecule has 6 nitrogen and oxygen atoms in total. The van der Waals surface area contributed by atoms with E-state index in [4.69, 9.17) is 9.84 Å². The maximum absolute atomic E-state index is 12.0. The molecular formula is C12H22N2O4. The van der Waals surface area contributed by atoms with E-state index >= 15 is 0 Å². The number of likely N-dealkylation sites (N-methyl/N-ethyl adjacent to an activating group) is 1. The maximum Gasteiger partial charge on any atom is 0.323 e. The Morgan fingerprint density at radius 1 is 1.44 bits per heavy atom. The van der Waals surface area contributed by atoms with Gasteiger partial charge in [0.05, 0.1) is 6.61 Å². The van der Waals surface area contributed by atoms with Gasteiger partial charge in [0.25, 0.3) is 0 Å². The lowest BCUT2D eigenvalue weighted by Gasteiger charge is -2.30. The summed E-state index contributed by atoms with van der Waals surface area (Å²) in [5.74, 6) is -0.629. The SMILES string of the molecule is CCN(CC(=O)O)C(=O)N(C)CC1CCCOC1. The molecule has 6 heteroatoms. The van der Waals surface area contributed by atoms with Crippen LogP contribution in [0.15, 0.2) is 0 Å². The van der Waals surface area contributed by atoms with Crippen LogP contribution in [0.5, 0.6) is 0 Å². The number of nitrogens with zero attached hydrogens (tertiary/aromatic N) is 2. The van der Waals surface area contributed by atoms with Crippen LogP contribution in [0.25, 0.3) is 0 Å². The van der Waals surface area contributed by atoms with Gasteiger partial charge in [0.1, 0.15) is 6.54 Å². The molecule has 1 saturated heterocycles. The molecule has 0 aromatic rings. The van der Waals surface area contributed by atoms with Gasteiger partial charge in [0, 0.05) is 32.7 Å². The molecule has 1 fully saturated rings. The van der Waals surface area contributed by atoms with Crippen molar-refractivity contribution in [3.05, 3.63) is 0 Å². The topological polar surface area (TPSA) is 70.1 Å². The zero-order valence-corrected chi connectivity index (χ0v) is 11.1. The van der Waals surface area contributed by atoms with Crippen LogP contribution in [-0.2, 0) is 9.53 Å². The molecule has 1 N–H and O–H groups in total. The Labute approximate surface area is 107 Å². The molecule has 1 atom stereocenters. The van der Waals surface area contributed by atoms with Crippen LogP contribution < -0.4 is 0 Å². The normalized spacial score (nSPS) is 19.3. The first-order valence-corrected chi connectivity index (χ1v) is 6.34. The summed E-state index contributed by atoms with van der Waals surface area (Å²) >= 11 is 0. The average Bonchev–Trinajstić information content (AvgIpc) is 2.36. The number of hydrogen-bond acceptors (Lipinski definition) is 3. The van der Waals surface area contributed by atoms with E-state index in [0.29, 0.717) is 25.6 Å². The third-order valence-corrected chi connectivity index (χ3v) is 3.09. The molecule has 0 bridgehead atoms. The van der Waals surface area contributed by atoms with Gasteiger partial charge in [-0.15, -0.1) is 0 Å². The number of amides is 2. The Morgan fingerprint density at radius 3 is 2.67 bits per heavy atom. The fourth-order valence-electron chi connectivity index (χ4n) is 2.14. The number of ether oxygens (including phenoxy) is 1. The molecular weight excluding hydrogens is 236 g/mol. The van der Waals surface area contributed by atoms with Crippen LogP contribution in [0, 0.1) is 5.92 Å². The van der Waals surface area contributed by atoms with Gasteiger partial charge in [0.15, 0.2) is 0 Å². The Bertz CT molecular complexity index is 290. The Kier molecular flexibility index (Phi) is 5.91. The molecule has 1 rings (SSSR count). The van der Waals surface area contributed by atoms with Crippen molar-refractivity contribution in [3.8, 4) is 0 Å². The number of aliphatic carboxylic acids is 1. The van der Waals surface area contributed by atoms with Crippen molar-refractivity contribution in [1.82, 2.24) is 9.80 Å². The van der Waals surface area contributed by atoms with E-state index < -0.39 is 5.97 Å². The van der Waals surface area contributed by atoms with Gasteiger partial charge in [-0.1, -0.05) is 0 Å². The van der Waals surface area contributed by atoms with Crippen molar-refractivity contribution in [1.29, 1.82) is 0 Å². The maximum atomic E-state index is 12.0. The third-order valence-electron chi connectivity index (χ3n) is 3.09. The van der Waals surface area contributed by atoms with Gasteiger partial charge < -0.3 is 19.6 Å². The minimum atomic E-state index is -0.986. The lowest BCUT2D eigenvalue weighted by molar-refractivity contribution is -0.137. The number of rotatable bonds is 5. The van der Waals surface area contributed by atoms with E-state index in [1.807, 2.05) is 0 Å². The zero-order chi connectivity index (χ0) is 13.5. The largest absolute Gasteiger partial charge is 0.480 e. The monoisotopic (exact) mass is 258 g/mol. The molecule has 2 amide bonds. The van der Waals surface area contributed by atoms with Crippen LogP contribution >= 0.6 is 0 Å². The summed E-state index contributed by atoms with van der Waals surface area (Å²) in [7, 11) is 1.71. The minimum absolute atomic E-state index is 0.231. The highest BCUT2D eigenvalue weighted by atomic mass is 16.5. The second-order valence-electron chi connectivity index (χ2n) is 4.65. The van der Waals surface area contributed by atoms with Gasteiger partial charge in [-0.05, 0) is 19.8 Å². The summed E-state index contributed by atoms with van der Waals surface area (Å²) < 4.78 is 5.37. The smallest absolute Gasteiger partial charge is 0.323 e. The molecule has 1 aliphatic heterocycles. The Morgan fingerprint density at radius 2 is 2.17 bits per heavy atom. The van der Waals surface area contributed by atoms with E-state index in [1.54, 1.807) is 18.9 Å². The Hall–Kier alpha value is -1.30. The molecule has 0 spiro atoms. The second kappa shape index (κ2) is 7.20. The Balaban J connectivity index is 2.45. The minimum Gasteiger partial charge on any atom is -0.480 e. The number of hydrogen-bond donors (Lipinski definition) is 1. The van der Waals surface area contributed by atoms with Crippen LogP contribution in [-0.4, -0.2) is 66.8 Å². The van der Waals surface area contributed by atoms with E-state index in [9.17, 15) is 9.59 Å². The van der Waals surface area contributed by atoms with Crippen LogP contribution in [0.4, 0.5) is 4.79 Å². The molecule has 0 aromatic heterocycles. The molecule has 0 radical (unpaired) electrons. The van der Waals surface area contributed by atoms with Crippen molar-refractivity contribution in [2.75, 3.05) is 39.9 Å².